The van der Waals surface area contributed by atoms with Crippen molar-refractivity contribution < 1.29 is 18.0 Å². The van der Waals surface area contributed by atoms with Crippen molar-refractivity contribution in [2.75, 3.05) is 6.54 Å². The molecular weight excluding hydrogens is 476 g/mol. The zero-order valence-corrected chi connectivity index (χ0v) is 19.8. The van der Waals surface area contributed by atoms with Gasteiger partial charge in [-0.05, 0) is 61.9 Å². The Balaban J connectivity index is 1.48. The van der Waals surface area contributed by atoms with Crippen LogP contribution in [0.3, 0.4) is 0 Å². The van der Waals surface area contributed by atoms with Crippen molar-refractivity contribution in [2.24, 2.45) is 0 Å². The number of nitrogens with zero attached hydrogens (tertiary/aromatic N) is 3. The number of pyridine rings is 1. The smallest absolute Gasteiger partial charge is 0.244 e. The second-order valence-electron chi connectivity index (χ2n) is 9.31. The maximum atomic E-state index is 13.8. The van der Waals surface area contributed by atoms with E-state index in [0.29, 0.717) is 25.7 Å². The molecular formula is C24H23ClN4O4S. The van der Waals surface area contributed by atoms with Gasteiger partial charge in [-0.15, -0.1) is 0 Å². The van der Waals surface area contributed by atoms with Crippen LogP contribution in [0.5, 0.6) is 0 Å². The second kappa shape index (κ2) is 8.07. The van der Waals surface area contributed by atoms with Crippen LogP contribution in [0.15, 0.2) is 53.7 Å². The molecule has 2 atom stereocenters. The number of aromatic nitrogens is 1. The molecule has 2 aromatic rings. The van der Waals surface area contributed by atoms with Gasteiger partial charge in [0.1, 0.15) is 11.6 Å². The van der Waals surface area contributed by atoms with Crippen molar-refractivity contribution in [3.8, 4) is 6.07 Å². The van der Waals surface area contributed by atoms with Crippen molar-refractivity contribution in [1.82, 2.24) is 15.2 Å². The molecule has 2 aliphatic carbocycles. The van der Waals surface area contributed by atoms with Crippen LogP contribution in [0.2, 0.25) is 5.02 Å². The summed E-state index contributed by atoms with van der Waals surface area (Å²) in [5.74, 6) is -0.757. The molecule has 10 heteroatoms. The maximum Gasteiger partial charge on any atom is 0.244 e. The van der Waals surface area contributed by atoms with E-state index < -0.39 is 38.0 Å². The minimum absolute atomic E-state index is 0.0129. The molecule has 2 heterocycles. The highest BCUT2D eigenvalue weighted by Crippen LogP contribution is 2.50. The number of nitrogens with one attached hydrogen (secondary N) is 1. The zero-order chi connectivity index (χ0) is 24.1. The SMILES string of the molecule is N#CC1(NC(=O)C2CC(S(=O)(=O)c3ccccc3Cl)CN2C(=O)C2(c3ccncc3)CC2)CC1. The van der Waals surface area contributed by atoms with Gasteiger partial charge in [0, 0.05) is 18.9 Å². The third-order valence-electron chi connectivity index (χ3n) is 7.13. The van der Waals surface area contributed by atoms with E-state index in [2.05, 4.69) is 16.4 Å². The summed E-state index contributed by atoms with van der Waals surface area (Å²) in [4.78, 5) is 32.5. The largest absolute Gasteiger partial charge is 0.336 e. The van der Waals surface area contributed by atoms with E-state index in [9.17, 15) is 23.3 Å². The molecule has 1 aromatic heterocycles. The number of halogens is 1. The predicted octanol–water partition coefficient (Wildman–Crippen LogP) is 2.38. The van der Waals surface area contributed by atoms with Crippen LogP contribution in [0.4, 0.5) is 0 Å². The van der Waals surface area contributed by atoms with Gasteiger partial charge < -0.3 is 10.2 Å². The van der Waals surface area contributed by atoms with Gasteiger partial charge in [-0.2, -0.15) is 5.26 Å². The van der Waals surface area contributed by atoms with Crippen molar-refractivity contribution in [3.05, 3.63) is 59.4 Å². The lowest BCUT2D eigenvalue weighted by Gasteiger charge is -2.29. The highest BCUT2D eigenvalue weighted by atomic mass is 35.5. The third-order valence-corrected chi connectivity index (χ3v) is 9.76. The predicted molar refractivity (Wildman–Crippen MR) is 123 cm³/mol. The number of amides is 2. The molecule has 2 saturated carbocycles. The number of sulfone groups is 1. The fourth-order valence-electron chi connectivity index (χ4n) is 4.76. The summed E-state index contributed by atoms with van der Waals surface area (Å²) >= 11 is 6.18. The highest BCUT2D eigenvalue weighted by Gasteiger charge is 2.58. The molecule has 2 amide bonds. The van der Waals surface area contributed by atoms with Gasteiger partial charge in [0.2, 0.25) is 11.8 Å². The van der Waals surface area contributed by atoms with Crippen LogP contribution in [0.25, 0.3) is 0 Å². The van der Waals surface area contributed by atoms with E-state index in [-0.39, 0.29) is 28.8 Å². The van der Waals surface area contributed by atoms with Crippen molar-refractivity contribution >= 4 is 33.3 Å². The van der Waals surface area contributed by atoms with Gasteiger partial charge in [0.15, 0.2) is 9.84 Å². The molecule has 1 aliphatic heterocycles. The Morgan fingerprint density at radius 3 is 2.38 bits per heavy atom. The van der Waals surface area contributed by atoms with E-state index in [1.54, 1.807) is 36.7 Å². The first-order chi connectivity index (χ1) is 16.2. The van der Waals surface area contributed by atoms with Crippen LogP contribution in [0, 0.1) is 11.3 Å². The summed E-state index contributed by atoms with van der Waals surface area (Å²) in [6, 6.07) is 10.9. The van der Waals surface area contributed by atoms with Gasteiger partial charge in [0.05, 0.1) is 26.7 Å². The minimum Gasteiger partial charge on any atom is -0.336 e. The fourth-order valence-corrected chi connectivity index (χ4v) is 6.97. The molecule has 34 heavy (non-hydrogen) atoms. The monoisotopic (exact) mass is 498 g/mol. The molecule has 3 fully saturated rings. The average Bonchev–Trinajstić information content (AvgIpc) is 3.76. The van der Waals surface area contributed by atoms with E-state index in [0.717, 1.165) is 5.56 Å². The topological polar surface area (TPSA) is 120 Å². The van der Waals surface area contributed by atoms with Crippen molar-refractivity contribution in [1.29, 1.82) is 5.26 Å². The summed E-state index contributed by atoms with van der Waals surface area (Å²) in [6.45, 7) is -0.114. The number of nitriles is 1. The Kier molecular flexibility index (Phi) is 5.41. The molecule has 0 spiro atoms. The molecule has 0 bridgehead atoms. The Hall–Kier alpha value is -2.96. The standard InChI is InChI=1S/C24H23ClN4O4S/c25-18-3-1-2-4-20(18)34(32,33)17-13-19(21(30)28-23(15-26)7-8-23)29(14-17)22(31)24(9-10-24)16-5-11-27-12-6-16/h1-6,11-12,17,19H,7-10,13-14H2,(H,28,30). The maximum absolute atomic E-state index is 13.8. The Morgan fingerprint density at radius 1 is 1.12 bits per heavy atom. The molecule has 3 aliphatic rings. The Bertz CT molecular complexity index is 1300. The highest BCUT2D eigenvalue weighted by molar-refractivity contribution is 7.92. The molecule has 176 valence electrons. The number of likely N-dealkylation sites (tertiary alicyclic amines) is 1. The number of benzene rings is 1. The Labute approximate surface area is 202 Å². The normalized spacial score (nSPS) is 24.2. The summed E-state index contributed by atoms with van der Waals surface area (Å²) in [7, 11) is -3.91. The third kappa shape index (κ3) is 3.75. The molecule has 0 radical (unpaired) electrons. The Morgan fingerprint density at radius 2 is 1.79 bits per heavy atom. The van der Waals surface area contributed by atoms with Gasteiger partial charge in [-0.25, -0.2) is 8.42 Å². The first-order valence-electron chi connectivity index (χ1n) is 11.2. The number of rotatable bonds is 6. The zero-order valence-electron chi connectivity index (χ0n) is 18.3. The van der Waals surface area contributed by atoms with Crippen molar-refractivity contribution in [2.45, 2.75) is 59.2 Å². The summed E-state index contributed by atoms with van der Waals surface area (Å²) < 4.78 is 26.9. The molecule has 1 saturated heterocycles. The van der Waals surface area contributed by atoms with Gasteiger partial charge in [0.25, 0.3) is 0 Å². The average molecular weight is 499 g/mol. The lowest BCUT2D eigenvalue weighted by molar-refractivity contribution is -0.140. The molecule has 1 N–H and O–H groups in total. The van der Waals surface area contributed by atoms with Crippen LogP contribution >= 0.6 is 11.6 Å². The molecule has 8 nitrogen and oxygen atoms in total. The van der Waals surface area contributed by atoms with Crippen molar-refractivity contribution in [3.63, 3.8) is 0 Å². The van der Waals surface area contributed by atoms with Gasteiger partial charge in [-0.3, -0.25) is 14.6 Å². The molecule has 1 aromatic carbocycles. The van der Waals surface area contributed by atoms with E-state index in [1.807, 2.05) is 0 Å². The van der Waals surface area contributed by atoms with Crippen LogP contribution in [0.1, 0.15) is 37.7 Å². The summed E-state index contributed by atoms with van der Waals surface area (Å²) in [5.41, 5.74) is -0.898. The first-order valence-corrected chi connectivity index (χ1v) is 13.1. The number of hydrogen-bond donors (Lipinski definition) is 1. The lowest BCUT2D eigenvalue weighted by Crippen LogP contribution is -2.51. The number of carbonyl (C=O) groups excluding carboxylic acids is 2. The molecule has 2 unspecified atom stereocenters. The fraction of sp³-hybridized carbons (Fsp3) is 0.417. The van der Waals surface area contributed by atoms with E-state index in [4.69, 9.17) is 11.6 Å². The minimum atomic E-state index is -3.91. The van der Waals surface area contributed by atoms with Gasteiger partial charge in [-0.1, -0.05) is 23.7 Å². The van der Waals surface area contributed by atoms with E-state index >= 15 is 0 Å². The molecule has 5 rings (SSSR count). The number of hydrogen-bond acceptors (Lipinski definition) is 6. The van der Waals surface area contributed by atoms with Crippen LogP contribution in [-0.2, 0) is 24.8 Å². The lowest BCUT2D eigenvalue weighted by atomic mass is 9.95. The van der Waals surface area contributed by atoms with Crippen LogP contribution in [-0.4, -0.2) is 53.5 Å². The summed E-state index contributed by atoms with van der Waals surface area (Å²) in [5, 5.41) is 11.3. The van der Waals surface area contributed by atoms with Crippen LogP contribution < -0.4 is 5.32 Å². The number of carbonyl (C=O) groups is 2. The van der Waals surface area contributed by atoms with Gasteiger partial charge >= 0.3 is 0 Å². The second-order valence-corrected chi connectivity index (χ2v) is 11.9. The van der Waals surface area contributed by atoms with E-state index in [1.165, 1.54) is 17.0 Å². The first kappa shape index (κ1) is 22.8. The quantitative estimate of drug-likeness (QED) is 0.652. The summed E-state index contributed by atoms with van der Waals surface area (Å²) in [6.07, 6.45) is 5.49.